The molecule has 20 heavy (non-hydrogen) atoms. The van der Waals surface area contributed by atoms with E-state index in [0.717, 1.165) is 22.9 Å². The third kappa shape index (κ3) is 3.64. The van der Waals surface area contributed by atoms with Gasteiger partial charge < -0.3 is 5.73 Å². The third-order valence-electron chi connectivity index (χ3n) is 3.54. The molecular formula is C17H22N2O. The number of aromatic nitrogens is 1. The van der Waals surface area contributed by atoms with Crippen molar-refractivity contribution in [2.75, 3.05) is 6.54 Å². The summed E-state index contributed by atoms with van der Waals surface area (Å²) < 4.78 is 0. The number of fused-ring (bicyclic) bond motifs is 1. The number of hydrogen-bond acceptors (Lipinski definition) is 3. The van der Waals surface area contributed by atoms with Gasteiger partial charge in [-0.25, -0.2) is 0 Å². The fraction of sp³-hybridized carbons (Fsp3) is 0.412. The van der Waals surface area contributed by atoms with Gasteiger partial charge in [0.25, 0.3) is 0 Å². The molecule has 0 aliphatic rings. The molecule has 0 aliphatic carbocycles. The third-order valence-corrected chi connectivity index (χ3v) is 3.54. The first-order chi connectivity index (χ1) is 9.60. The zero-order chi connectivity index (χ0) is 14.5. The summed E-state index contributed by atoms with van der Waals surface area (Å²) in [4.78, 5) is 16.6. The van der Waals surface area contributed by atoms with Gasteiger partial charge in [-0.15, -0.1) is 0 Å². The summed E-state index contributed by atoms with van der Waals surface area (Å²) in [5.41, 5.74) is 7.45. The van der Waals surface area contributed by atoms with Gasteiger partial charge in [0.15, 0.2) is 5.78 Å². The van der Waals surface area contributed by atoms with Crippen LogP contribution in [0.2, 0.25) is 0 Å². The number of benzene rings is 1. The monoisotopic (exact) mass is 270 g/mol. The molecule has 2 N–H and O–H groups in total. The Kier molecular flexibility index (Phi) is 4.85. The Morgan fingerprint density at radius 1 is 1.30 bits per heavy atom. The van der Waals surface area contributed by atoms with Crippen LogP contribution in [0.1, 0.15) is 37.0 Å². The maximum Gasteiger partial charge on any atom is 0.163 e. The van der Waals surface area contributed by atoms with Crippen molar-refractivity contribution in [2.24, 2.45) is 17.6 Å². The van der Waals surface area contributed by atoms with Crippen molar-refractivity contribution >= 4 is 16.7 Å². The van der Waals surface area contributed by atoms with Crippen LogP contribution in [0.15, 0.2) is 36.5 Å². The Labute approximate surface area is 120 Å². The number of ketones is 1. The van der Waals surface area contributed by atoms with Crippen molar-refractivity contribution in [3.05, 3.63) is 42.1 Å². The standard InChI is InChI=1S/C17H22N2O/c1-12(2)8-13(11-18)9-17(20)15-5-6-16-14(10-15)4-3-7-19-16/h3-7,10,12-13H,8-9,11,18H2,1-2H3. The van der Waals surface area contributed by atoms with Crippen molar-refractivity contribution in [2.45, 2.75) is 26.7 Å². The average Bonchev–Trinajstić information content (AvgIpc) is 2.45. The van der Waals surface area contributed by atoms with Gasteiger partial charge in [-0.1, -0.05) is 19.9 Å². The molecule has 1 aromatic carbocycles. The van der Waals surface area contributed by atoms with Gasteiger partial charge in [0.2, 0.25) is 0 Å². The molecule has 106 valence electrons. The molecule has 0 aliphatic heterocycles. The van der Waals surface area contributed by atoms with Gasteiger partial charge >= 0.3 is 0 Å². The first-order valence-electron chi connectivity index (χ1n) is 7.18. The number of Topliss-reactive ketones (excluding diaryl/α,β-unsaturated/α-hetero) is 1. The quantitative estimate of drug-likeness (QED) is 0.818. The van der Waals surface area contributed by atoms with Gasteiger partial charge in [0.05, 0.1) is 5.52 Å². The number of nitrogens with zero attached hydrogens (tertiary/aromatic N) is 1. The first-order valence-corrected chi connectivity index (χ1v) is 7.18. The van der Waals surface area contributed by atoms with E-state index in [-0.39, 0.29) is 11.7 Å². The molecule has 1 aromatic heterocycles. The van der Waals surface area contributed by atoms with Crippen LogP contribution in [0.5, 0.6) is 0 Å². The largest absolute Gasteiger partial charge is 0.330 e. The van der Waals surface area contributed by atoms with Crippen molar-refractivity contribution in [3.63, 3.8) is 0 Å². The zero-order valence-electron chi connectivity index (χ0n) is 12.2. The second-order valence-corrected chi connectivity index (χ2v) is 5.77. The van der Waals surface area contributed by atoms with E-state index in [1.807, 2.05) is 30.3 Å². The van der Waals surface area contributed by atoms with Crippen LogP contribution >= 0.6 is 0 Å². The average molecular weight is 270 g/mol. The van der Waals surface area contributed by atoms with Gasteiger partial charge in [-0.3, -0.25) is 9.78 Å². The molecule has 3 nitrogen and oxygen atoms in total. The normalized spacial score (nSPS) is 12.8. The minimum absolute atomic E-state index is 0.173. The summed E-state index contributed by atoms with van der Waals surface area (Å²) in [6.45, 7) is 4.89. The van der Waals surface area contributed by atoms with E-state index in [1.54, 1.807) is 6.20 Å². The van der Waals surface area contributed by atoms with E-state index >= 15 is 0 Å². The van der Waals surface area contributed by atoms with Gasteiger partial charge in [0, 0.05) is 23.6 Å². The summed E-state index contributed by atoms with van der Waals surface area (Å²) in [7, 11) is 0. The van der Waals surface area contributed by atoms with Gasteiger partial charge in [-0.2, -0.15) is 0 Å². The second kappa shape index (κ2) is 6.62. The molecule has 0 spiro atoms. The van der Waals surface area contributed by atoms with Crippen molar-refractivity contribution in [3.8, 4) is 0 Å². The molecule has 0 bridgehead atoms. The number of nitrogens with two attached hydrogens (primary N) is 1. The minimum Gasteiger partial charge on any atom is -0.330 e. The first kappa shape index (κ1) is 14.7. The summed E-state index contributed by atoms with van der Waals surface area (Å²) in [6, 6.07) is 9.56. The van der Waals surface area contributed by atoms with Crippen LogP contribution < -0.4 is 5.73 Å². The molecule has 1 heterocycles. The smallest absolute Gasteiger partial charge is 0.163 e. The summed E-state index contributed by atoms with van der Waals surface area (Å²) in [5, 5.41) is 1.01. The molecule has 0 fully saturated rings. The van der Waals surface area contributed by atoms with Gasteiger partial charge in [0.1, 0.15) is 0 Å². The number of carbonyl (C=O) groups is 1. The maximum atomic E-state index is 12.4. The lowest BCUT2D eigenvalue weighted by molar-refractivity contribution is 0.0957. The second-order valence-electron chi connectivity index (χ2n) is 5.77. The Hall–Kier alpha value is -1.74. The molecule has 0 radical (unpaired) electrons. The van der Waals surface area contributed by atoms with Crippen molar-refractivity contribution in [1.82, 2.24) is 4.98 Å². The zero-order valence-corrected chi connectivity index (χ0v) is 12.2. The van der Waals surface area contributed by atoms with Crippen LogP contribution in [0.25, 0.3) is 10.9 Å². The SMILES string of the molecule is CC(C)CC(CN)CC(=O)c1ccc2ncccc2c1. The molecular weight excluding hydrogens is 248 g/mol. The van der Waals surface area contributed by atoms with Crippen LogP contribution in [0.4, 0.5) is 0 Å². The predicted molar refractivity (Wildman–Crippen MR) is 82.7 cm³/mol. The van der Waals surface area contributed by atoms with E-state index in [9.17, 15) is 4.79 Å². The highest BCUT2D eigenvalue weighted by molar-refractivity contribution is 5.99. The summed E-state index contributed by atoms with van der Waals surface area (Å²) in [6.07, 6.45) is 3.29. The molecule has 3 heteroatoms. The molecule has 0 saturated carbocycles. The molecule has 0 amide bonds. The Balaban J connectivity index is 2.14. The fourth-order valence-electron chi connectivity index (χ4n) is 2.56. The summed E-state index contributed by atoms with van der Waals surface area (Å²) in [5.74, 6) is 1.01. The van der Waals surface area contributed by atoms with E-state index in [1.165, 1.54) is 0 Å². The molecule has 1 atom stereocenters. The van der Waals surface area contributed by atoms with Gasteiger partial charge in [-0.05, 0) is 49.1 Å². The van der Waals surface area contributed by atoms with E-state index < -0.39 is 0 Å². The van der Waals surface area contributed by atoms with E-state index in [0.29, 0.717) is 18.9 Å². The van der Waals surface area contributed by atoms with Crippen LogP contribution in [-0.2, 0) is 0 Å². The predicted octanol–water partition coefficient (Wildman–Crippen LogP) is 3.43. The Morgan fingerprint density at radius 2 is 2.10 bits per heavy atom. The molecule has 2 rings (SSSR count). The van der Waals surface area contributed by atoms with Crippen LogP contribution in [0, 0.1) is 11.8 Å². The number of carbonyl (C=O) groups excluding carboxylic acids is 1. The van der Waals surface area contributed by atoms with E-state index in [4.69, 9.17) is 5.73 Å². The lowest BCUT2D eigenvalue weighted by Gasteiger charge is -2.16. The van der Waals surface area contributed by atoms with Crippen molar-refractivity contribution in [1.29, 1.82) is 0 Å². The number of pyridine rings is 1. The number of rotatable bonds is 6. The summed E-state index contributed by atoms with van der Waals surface area (Å²) >= 11 is 0. The van der Waals surface area contributed by atoms with Crippen molar-refractivity contribution < 1.29 is 4.79 Å². The topological polar surface area (TPSA) is 56.0 Å². The lowest BCUT2D eigenvalue weighted by atomic mass is 9.90. The Bertz CT molecular complexity index is 592. The molecule has 1 unspecified atom stereocenters. The maximum absolute atomic E-state index is 12.4. The van der Waals surface area contributed by atoms with Crippen LogP contribution in [-0.4, -0.2) is 17.3 Å². The Morgan fingerprint density at radius 3 is 2.80 bits per heavy atom. The number of hydrogen-bond donors (Lipinski definition) is 1. The van der Waals surface area contributed by atoms with Crippen LogP contribution in [0.3, 0.4) is 0 Å². The van der Waals surface area contributed by atoms with E-state index in [2.05, 4.69) is 18.8 Å². The molecule has 2 aromatic rings. The fourth-order valence-corrected chi connectivity index (χ4v) is 2.56. The highest BCUT2D eigenvalue weighted by Crippen LogP contribution is 2.19. The minimum atomic E-state index is 0.173. The highest BCUT2D eigenvalue weighted by Gasteiger charge is 2.15. The lowest BCUT2D eigenvalue weighted by Crippen LogP contribution is -2.20. The molecule has 0 saturated heterocycles. The highest BCUT2D eigenvalue weighted by atomic mass is 16.1.